The van der Waals surface area contributed by atoms with Crippen molar-refractivity contribution in [3.05, 3.63) is 27.7 Å². The molecule has 1 aromatic rings. The third-order valence-electron chi connectivity index (χ3n) is 6.04. The van der Waals surface area contributed by atoms with E-state index in [-0.39, 0.29) is 5.56 Å². The van der Waals surface area contributed by atoms with E-state index in [9.17, 15) is 9.90 Å². The number of hydrogen-bond acceptors (Lipinski definition) is 6. The molecule has 150 valence electrons. The summed E-state index contributed by atoms with van der Waals surface area (Å²) < 4.78 is 12.6. The van der Waals surface area contributed by atoms with Gasteiger partial charge in [0.15, 0.2) is 0 Å². The Labute approximate surface area is 160 Å². The van der Waals surface area contributed by atoms with Gasteiger partial charge in [0.1, 0.15) is 5.60 Å². The van der Waals surface area contributed by atoms with Crippen LogP contribution in [0.4, 0.5) is 0 Å². The molecule has 1 aliphatic carbocycles. The zero-order chi connectivity index (χ0) is 18.7. The summed E-state index contributed by atoms with van der Waals surface area (Å²) in [5, 5.41) is 15.4. The topological polar surface area (TPSA) is 76.8 Å². The number of fused-ring (bicyclic) bond motifs is 1. The number of hydrogen-bond donors (Lipinski definition) is 1. The van der Waals surface area contributed by atoms with E-state index in [0.29, 0.717) is 45.4 Å². The number of aryl methyl sites for hydroxylation is 2. The Morgan fingerprint density at radius 2 is 1.85 bits per heavy atom. The van der Waals surface area contributed by atoms with Gasteiger partial charge in [0.2, 0.25) is 0 Å². The van der Waals surface area contributed by atoms with Crippen molar-refractivity contribution in [1.29, 1.82) is 0 Å². The van der Waals surface area contributed by atoms with E-state index in [4.69, 9.17) is 9.47 Å². The average Bonchev–Trinajstić information content (AvgIpc) is 2.88. The number of ether oxygens (including phenoxy) is 2. The molecule has 0 spiro atoms. The number of aliphatic hydroxyl groups is 1. The van der Waals surface area contributed by atoms with Crippen molar-refractivity contribution < 1.29 is 14.6 Å². The third-order valence-corrected chi connectivity index (χ3v) is 6.04. The Morgan fingerprint density at radius 3 is 2.59 bits per heavy atom. The van der Waals surface area contributed by atoms with Crippen molar-refractivity contribution in [3.8, 4) is 0 Å². The first kappa shape index (κ1) is 19.1. The number of nitrogens with zero attached hydrogens (tertiary/aromatic N) is 3. The van der Waals surface area contributed by atoms with Crippen LogP contribution < -0.4 is 5.56 Å². The Bertz CT molecular complexity index is 689. The SMILES string of the molecule is O=c1cc2c(nn1CC1CCN(CC3(O)COCCOC3)CC1)CCCC2. The Morgan fingerprint density at radius 1 is 1.15 bits per heavy atom. The summed E-state index contributed by atoms with van der Waals surface area (Å²) in [6, 6.07) is 1.80. The van der Waals surface area contributed by atoms with E-state index < -0.39 is 5.60 Å². The summed E-state index contributed by atoms with van der Waals surface area (Å²) in [5.41, 5.74) is 1.40. The van der Waals surface area contributed by atoms with Gasteiger partial charge in [0.05, 0.1) is 32.1 Å². The average molecular weight is 377 g/mol. The largest absolute Gasteiger partial charge is 0.384 e. The molecule has 0 aromatic carbocycles. The predicted molar refractivity (Wildman–Crippen MR) is 101 cm³/mol. The van der Waals surface area contributed by atoms with E-state index in [1.807, 2.05) is 0 Å². The van der Waals surface area contributed by atoms with Crippen LogP contribution in [-0.4, -0.2) is 71.4 Å². The molecule has 0 unspecified atom stereocenters. The van der Waals surface area contributed by atoms with Gasteiger partial charge >= 0.3 is 0 Å². The normalized spacial score (nSPS) is 24.3. The third kappa shape index (κ3) is 4.77. The van der Waals surface area contributed by atoms with E-state index in [0.717, 1.165) is 50.0 Å². The fraction of sp³-hybridized carbons (Fsp3) is 0.800. The molecule has 0 bridgehead atoms. The van der Waals surface area contributed by atoms with Crippen LogP contribution in [-0.2, 0) is 28.9 Å². The monoisotopic (exact) mass is 377 g/mol. The van der Waals surface area contributed by atoms with Crippen molar-refractivity contribution in [2.45, 2.75) is 50.7 Å². The minimum absolute atomic E-state index is 0.0418. The summed E-state index contributed by atoms with van der Waals surface area (Å²) in [5.74, 6) is 0.462. The second-order valence-corrected chi connectivity index (χ2v) is 8.39. The first-order valence-electron chi connectivity index (χ1n) is 10.3. The Balaban J connectivity index is 1.31. The quantitative estimate of drug-likeness (QED) is 0.829. The molecule has 3 heterocycles. The molecule has 7 heteroatoms. The van der Waals surface area contributed by atoms with Crippen LogP contribution in [0.5, 0.6) is 0 Å². The zero-order valence-electron chi connectivity index (χ0n) is 16.1. The Hall–Kier alpha value is -1.28. The lowest BCUT2D eigenvalue weighted by Crippen LogP contribution is -2.51. The van der Waals surface area contributed by atoms with E-state index >= 15 is 0 Å². The van der Waals surface area contributed by atoms with E-state index in [1.54, 1.807) is 10.7 Å². The van der Waals surface area contributed by atoms with Crippen LogP contribution in [0, 0.1) is 5.92 Å². The fourth-order valence-electron chi connectivity index (χ4n) is 4.49. The molecule has 4 rings (SSSR count). The predicted octanol–water partition coefficient (Wildman–Crippen LogP) is 0.612. The molecule has 0 radical (unpaired) electrons. The highest BCUT2D eigenvalue weighted by Gasteiger charge is 2.33. The van der Waals surface area contributed by atoms with E-state index in [1.165, 1.54) is 12.8 Å². The maximum absolute atomic E-state index is 12.4. The van der Waals surface area contributed by atoms with Gasteiger partial charge in [0, 0.05) is 19.2 Å². The first-order chi connectivity index (χ1) is 13.1. The van der Waals surface area contributed by atoms with Gasteiger partial charge in [-0.1, -0.05) is 0 Å². The molecular formula is C20H31N3O4. The summed E-state index contributed by atoms with van der Waals surface area (Å²) >= 11 is 0. The lowest BCUT2D eigenvalue weighted by Gasteiger charge is -2.37. The minimum Gasteiger partial charge on any atom is -0.384 e. The van der Waals surface area contributed by atoms with Crippen molar-refractivity contribution in [2.24, 2.45) is 5.92 Å². The second-order valence-electron chi connectivity index (χ2n) is 8.39. The maximum atomic E-state index is 12.4. The van der Waals surface area contributed by atoms with Crippen LogP contribution in [0.25, 0.3) is 0 Å². The first-order valence-corrected chi connectivity index (χ1v) is 10.3. The van der Waals surface area contributed by atoms with Gasteiger partial charge in [-0.3, -0.25) is 4.79 Å². The number of aromatic nitrogens is 2. The Kier molecular flexibility index (Phi) is 5.92. The molecule has 1 aromatic heterocycles. The summed E-state index contributed by atoms with van der Waals surface area (Å²) in [4.78, 5) is 14.7. The number of β-amino-alcohol motifs (C(OH)–C–C–N with tert-alkyl or cyclic N) is 1. The summed E-state index contributed by atoms with van der Waals surface area (Å²) in [6.07, 6.45) is 6.36. The lowest BCUT2D eigenvalue weighted by molar-refractivity contribution is -0.0781. The van der Waals surface area contributed by atoms with Crippen LogP contribution in [0.15, 0.2) is 10.9 Å². The van der Waals surface area contributed by atoms with Crippen LogP contribution in [0.1, 0.15) is 36.9 Å². The lowest BCUT2D eigenvalue weighted by atomic mass is 9.94. The maximum Gasteiger partial charge on any atom is 0.267 e. The van der Waals surface area contributed by atoms with Crippen molar-refractivity contribution in [2.75, 3.05) is 46.1 Å². The highest BCUT2D eigenvalue weighted by Crippen LogP contribution is 2.22. The number of likely N-dealkylation sites (tertiary alicyclic amines) is 1. The second kappa shape index (κ2) is 8.39. The highest BCUT2D eigenvalue weighted by molar-refractivity contribution is 5.20. The van der Waals surface area contributed by atoms with Gasteiger partial charge in [0.25, 0.3) is 5.56 Å². The van der Waals surface area contributed by atoms with Crippen molar-refractivity contribution >= 4 is 0 Å². The van der Waals surface area contributed by atoms with Gasteiger partial charge in [-0.2, -0.15) is 5.10 Å². The van der Waals surface area contributed by atoms with Gasteiger partial charge in [-0.25, -0.2) is 4.68 Å². The molecule has 7 nitrogen and oxygen atoms in total. The molecular weight excluding hydrogens is 346 g/mol. The molecule has 1 N–H and O–H groups in total. The molecule has 0 saturated carbocycles. The molecule has 3 aliphatic rings. The summed E-state index contributed by atoms with van der Waals surface area (Å²) in [7, 11) is 0. The van der Waals surface area contributed by atoms with Crippen LogP contribution >= 0.6 is 0 Å². The van der Waals surface area contributed by atoms with Crippen molar-refractivity contribution in [3.63, 3.8) is 0 Å². The molecule has 2 fully saturated rings. The summed E-state index contributed by atoms with van der Waals surface area (Å²) in [6.45, 7) is 4.90. The fourth-order valence-corrected chi connectivity index (χ4v) is 4.49. The smallest absolute Gasteiger partial charge is 0.267 e. The molecule has 2 aliphatic heterocycles. The van der Waals surface area contributed by atoms with Gasteiger partial charge in [-0.05, 0) is 63.1 Å². The minimum atomic E-state index is -0.916. The number of rotatable bonds is 4. The van der Waals surface area contributed by atoms with Crippen LogP contribution in [0.2, 0.25) is 0 Å². The highest BCUT2D eigenvalue weighted by atomic mass is 16.6. The molecule has 0 amide bonds. The van der Waals surface area contributed by atoms with Crippen LogP contribution in [0.3, 0.4) is 0 Å². The van der Waals surface area contributed by atoms with E-state index in [2.05, 4.69) is 10.00 Å². The molecule has 27 heavy (non-hydrogen) atoms. The molecule has 0 atom stereocenters. The zero-order valence-corrected chi connectivity index (χ0v) is 16.1. The van der Waals surface area contributed by atoms with Gasteiger partial charge < -0.3 is 19.5 Å². The van der Waals surface area contributed by atoms with Crippen molar-refractivity contribution in [1.82, 2.24) is 14.7 Å². The molecule has 2 saturated heterocycles. The standard InChI is InChI=1S/C20H31N3O4/c24-19-11-17-3-1-2-4-18(17)21-23(19)12-16-5-7-22(8-6-16)13-20(25)14-26-9-10-27-15-20/h11,16,25H,1-10,12-15H2. The number of piperidine rings is 1. The van der Waals surface area contributed by atoms with Gasteiger partial charge in [-0.15, -0.1) is 0 Å².